The minimum Gasteiger partial charge on any atom is -0.465 e. The molecule has 2 aromatic carbocycles. The zero-order chi connectivity index (χ0) is 18.4. The second-order valence-corrected chi connectivity index (χ2v) is 6.23. The van der Waals surface area contributed by atoms with Crippen molar-refractivity contribution in [2.24, 2.45) is 0 Å². The van der Waals surface area contributed by atoms with Gasteiger partial charge in [0.05, 0.1) is 19.2 Å². The van der Waals surface area contributed by atoms with Gasteiger partial charge < -0.3 is 15.0 Å². The Labute approximate surface area is 148 Å². The highest BCUT2D eigenvalue weighted by Crippen LogP contribution is 2.21. The van der Waals surface area contributed by atoms with Crippen LogP contribution in [0.15, 0.2) is 48.5 Å². The monoisotopic (exact) mass is 340 g/mol. The summed E-state index contributed by atoms with van der Waals surface area (Å²) in [6.07, 6.45) is 0. The topological polar surface area (TPSA) is 58.6 Å². The Morgan fingerprint density at radius 3 is 2.52 bits per heavy atom. The number of amides is 1. The number of carbonyl (C=O) groups is 2. The van der Waals surface area contributed by atoms with Crippen LogP contribution in [-0.4, -0.2) is 32.6 Å². The third kappa shape index (κ3) is 5.08. The third-order valence-electron chi connectivity index (χ3n) is 3.93. The van der Waals surface area contributed by atoms with E-state index in [9.17, 15) is 9.59 Å². The fraction of sp³-hybridized carbons (Fsp3) is 0.300. The SMILES string of the molecule is COC(=O)c1cccc(NC(=O)CN(C)c2cccc(C(C)C)c2)c1. The Hall–Kier alpha value is -2.82. The van der Waals surface area contributed by atoms with E-state index < -0.39 is 5.97 Å². The smallest absolute Gasteiger partial charge is 0.337 e. The van der Waals surface area contributed by atoms with E-state index >= 15 is 0 Å². The maximum Gasteiger partial charge on any atom is 0.337 e. The fourth-order valence-corrected chi connectivity index (χ4v) is 2.47. The number of rotatable bonds is 6. The Kier molecular flexibility index (Phi) is 6.17. The summed E-state index contributed by atoms with van der Waals surface area (Å²) >= 11 is 0. The van der Waals surface area contributed by atoms with Crippen LogP contribution in [0.4, 0.5) is 11.4 Å². The number of likely N-dealkylation sites (N-methyl/N-ethyl adjacent to an activating group) is 1. The van der Waals surface area contributed by atoms with Crippen LogP contribution < -0.4 is 10.2 Å². The molecule has 1 amide bonds. The number of methoxy groups -OCH3 is 1. The molecule has 25 heavy (non-hydrogen) atoms. The molecule has 132 valence electrons. The summed E-state index contributed by atoms with van der Waals surface area (Å²) in [6, 6.07) is 14.8. The van der Waals surface area contributed by atoms with Gasteiger partial charge in [0.25, 0.3) is 0 Å². The van der Waals surface area contributed by atoms with Gasteiger partial charge in [-0.25, -0.2) is 4.79 Å². The largest absolute Gasteiger partial charge is 0.465 e. The molecule has 0 fully saturated rings. The predicted molar refractivity (Wildman–Crippen MR) is 100 cm³/mol. The molecule has 0 saturated heterocycles. The van der Waals surface area contributed by atoms with E-state index in [1.165, 1.54) is 12.7 Å². The summed E-state index contributed by atoms with van der Waals surface area (Å²) in [4.78, 5) is 25.7. The summed E-state index contributed by atoms with van der Waals surface area (Å²) in [5.41, 5.74) is 3.19. The predicted octanol–water partition coefficient (Wildman–Crippen LogP) is 3.67. The van der Waals surface area contributed by atoms with Crippen molar-refractivity contribution in [1.82, 2.24) is 0 Å². The highest BCUT2D eigenvalue weighted by Gasteiger charge is 2.11. The third-order valence-corrected chi connectivity index (χ3v) is 3.93. The molecular formula is C20H24N2O3. The van der Waals surface area contributed by atoms with Crippen LogP contribution in [-0.2, 0) is 9.53 Å². The van der Waals surface area contributed by atoms with E-state index in [1.54, 1.807) is 24.3 Å². The Morgan fingerprint density at radius 2 is 1.84 bits per heavy atom. The summed E-state index contributed by atoms with van der Waals surface area (Å²) < 4.78 is 4.69. The molecule has 0 aliphatic heterocycles. The zero-order valence-corrected chi connectivity index (χ0v) is 15.1. The van der Waals surface area contributed by atoms with Crippen molar-refractivity contribution in [3.63, 3.8) is 0 Å². The van der Waals surface area contributed by atoms with Crippen molar-refractivity contribution < 1.29 is 14.3 Å². The lowest BCUT2D eigenvalue weighted by molar-refractivity contribution is -0.114. The molecule has 0 radical (unpaired) electrons. The summed E-state index contributed by atoms with van der Waals surface area (Å²) in [7, 11) is 3.21. The second kappa shape index (κ2) is 8.33. The van der Waals surface area contributed by atoms with Gasteiger partial charge in [-0.2, -0.15) is 0 Å². The van der Waals surface area contributed by atoms with E-state index in [-0.39, 0.29) is 12.5 Å². The number of hydrogen-bond donors (Lipinski definition) is 1. The van der Waals surface area contributed by atoms with Crippen molar-refractivity contribution in [2.45, 2.75) is 19.8 Å². The summed E-state index contributed by atoms with van der Waals surface area (Å²) in [5, 5.41) is 2.81. The van der Waals surface area contributed by atoms with Crippen LogP contribution in [0.25, 0.3) is 0 Å². The van der Waals surface area contributed by atoms with Gasteiger partial charge in [-0.15, -0.1) is 0 Å². The average Bonchev–Trinajstić information content (AvgIpc) is 2.61. The van der Waals surface area contributed by atoms with Crippen LogP contribution in [0.2, 0.25) is 0 Å². The molecule has 0 saturated carbocycles. The van der Waals surface area contributed by atoms with E-state index in [2.05, 4.69) is 36.0 Å². The number of anilines is 2. The maximum absolute atomic E-state index is 12.3. The van der Waals surface area contributed by atoms with Gasteiger partial charge in [0.2, 0.25) is 5.91 Å². The standard InChI is InChI=1S/C20H24N2O3/c1-14(2)15-7-6-10-18(12-15)22(3)13-19(23)21-17-9-5-8-16(11-17)20(24)25-4/h5-12,14H,13H2,1-4H3,(H,21,23). The molecule has 0 unspecified atom stereocenters. The first kappa shape index (κ1) is 18.5. The van der Waals surface area contributed by atoms with Gasteiger partial charge in [0, 0.05) is 18.4 Å². The number of ether oxygens (including phenoxy) is 1. The lowest BCUT2D eigenvalue weighted by Gasteiger charge is -2.20. The number of esters is 1. The van der Waals surface area contributed by atoms with Crippen LogP contribution in [0.3, 0.4) is 0 Å². The van der Waals surface area contributed by atoms with E-state index in [1.807, 2.05) is 24.1 Å². The van der Waals surface area contributed by atoms with Crippen LogP contribution in [0, 0.1) is 0 Å². The van der Waals surface area contributed by atoms with Gasteiger partial charge >= 0.3 is 5.97 Å². The molecule has 0 aliphatic rings. The van der Waals surface area contributed by atoms with Crippen LogP contribution >= 0.6 is 0 Å². The summed E-state index contributed by atoms with van der Waals surface area (Å²) in [6.45, 7) is 4.49. The van der Waals surface area contributed by atoms with Crippen molar-refractivity contribution in [3.05, 3.63) is 59.7 Å². The van der Waals surface area contributed by atoms with E-state index in [0.717, 1.165) is 5.69 Å². The molecule has 2 rings (SSSR count). The fourth-order valence-electron chi connectivity index (χ4n) is 2.47. The number of nitrogens with zero attached hydrogens (tertiary/aromatic N) is 1. The van der Waals surface area contributed by atoms with Gasteiger partial charge in [0.1, 0.15) is 0 Å². The zero-order valence-electron chi connectivity index (χ0n) is 15.1. The van der Waals surface area contributed by atoms with Gasteiger partial charge in [-0.05, 0) is 41.8 Å². The lowest BCUT2D eigenvalue weighted by Crippen LogP contribution is -2.30. The minimum atomic E-state index is -0.432. The first-order valence-corrected chi connectivity index (χ1v) is 8.20. The van der Waals surface area contributed by atoms with Crippen LogP contribution in [0.5, 0.6) is 0 Å². The second-order valence-electron chi connectivity index (χ2n) is 6.23. The molecule has 5 heteroatoms. The van der Waals surface area contributed by atoms with Crippen molar-refractivity contribution >= 4 is 23.3 Å². The van der Waals surface area contributed by atoms with Crippen molar-refractivity contribution in [3.8, 4) is 0 Å². The Balaban J connectivity index is 2.02. The minimum absolute atomic E-state index is 0.153. The number of nitrogens with one attached hydrogen (secondary N) is 1. The molecule has 0 bridgehead atoms. The van der Waals surface area contributed by atoms with Crippen LogP contribution in [0.1, 0.15) is 35.7 Å². The van der Waals surface area contributed by atoms with Gasteiger partial charge in [0.15, 0.2) is 0 Å². The number of carbonyl (C=O) groups excluding carboxylic acids is 2. The van der Waals surface area contributed by atoms with Crippen molar-refractivity contribution in [1.29, 1.82) is 0 Å². The molecule has 0 atom stereocenters. The first-order chi connectivity index (χ1) is 11.9. The normalized spacial score (nSPS) is 10.4. The molecule has 0 aliphatic carbocycles. The Bertz CT molecular complexity index is 756. The van der Waals surface area contributed by atoms with Crippen molar-refractivity contribution in [2.75, 3.05) is 30.9 Å². The molecule has 1 N–H and O–H groups in total. The number of hydrogen-bond acceptors (Lipinski definition) is 4. The first-order valence-electron chi connectivity index (χ1n) is 8.20. The Morgan fingerprint density at radius 1 is 1.12 bits per heavy atom. The molecule has 0 spiro atoms. The molecule has 2 aromatic rings. The highest BCUT2D eigenvalue weighted by atomic mass is 16.5. The lowest BCUT2D eigenvalue weighted by atomic mass is 10.0. The van der Waals surface area contributed by atoms with E-state index in [4.69, 9.17) is 0 Å². The number of benzene rings is 2. The molecule has 5 nitrogen and oxygen atoms in total. The average molecular weight is 340 g/mol. The van der Waals surface area contributed by atoms with E-state index in [0.29, 0.717) is 17.2 Å². The van der Waals surface area contributed by atoms with Gasteiger partial charge in [-0.1, -0.05) is 32.0 Å². The molecular weight excluding hydrogens is 316 g/mol. The molecule has 0 aromatic heterocycles. The summed E-state index contributed by atoms with van der Waals surface area (Å²) in [5.74, 6) is -0.151. The molecule has 0 heterocycles. The quantitative estimate of drug-likeness (QED) is 0.815. The maximum atomic E-state index is 12.3. The highest BCUT2D eigenvalue weighted by molar-refractivity contribution is 5.96. The van der Waals surface area contributed by atoms with Gasteiger partial charge in [-0.3, -0.25) is 4.79 Å².